The molecule has 0 heterocycles. The van der Waals surface area contributed by atoms with Gasteiger partial charge in [0.1, 0.15) is 0 Å². The van der Waals surface area contributed by atoms with Crippen LogP contribution in [0.4, 0.5) is 18.9 Å². The summed E-state index contributed by atoms with van der Waals surface area (Å²) >= 11 is 6.21. The zero-order valence-electron chi connectivity index (χ0n) is 17.3. The van der Waals surface area contributed by atoms with Crippen LogP contribution in [0.3, 0.4) is 0 Å². The minimum absolute atomic E-state index is 0.0608. The summed E-state index contributed by atoms with van der Waals surface area (Å²) in [7, 11) is -3.96. The maximum atomic E-state index is 13.6. The Hall–Kier alpha value is -2.36. The summed E-state index contributed by atoms with van der Waals surface area (Å²) in [5.41, 5.74) is -1.54. The third-order valence-corrected chi connectivity index (χ3v) is 9.43. The topological polar surface area (TPSA) is 83.5 Å². The van der Waals surface area contributed by atoms with Gasteiger partial charge in [-0.1, -0.05) is 17.7 Å². The summed E-state index contributed by atoms with van der Waals surface area (Å²) in [6, 6.07) is 4.89. The number of benzene rings is 2. The Kier molecular flexibility index (Phi) is 6.09. The third-order valence-electron chi connectivity index (χ3n) is 6.55. The Morgan fingerprint density at radius 2 is 1.70 bits per heavy atom. The molecule has 2 aliphatic carbocycles. The van der Waals surface area contributed by atoms with Crippen LogP contribution in [0, 0.1) is 29.3 Å². The number of nitrogens with one attached hydrogen (secondary N) is 1. The van der Waals surface area contributed by atoms with Gasteiger partial charge in [-0.2, -0.15) is 0 Å². The Labute approximate surface area is 194 Å². The molecule has 0 radical (unpaired) electrons. The summed E-state index contributed by atoms with van der Waals surface area (Å²) in [6.45, 7) is 3.66. The van der Waals surface area contributed by atoms with Gasteiger partial charge in [-0.15, -0.1) is 6.58 Å². The van der Waals surface area contributed by atoms with E-state index in [1.807, 2.05) is 0 Å². The van der Waals surface area contributed by atoms with Crippen molar-refractivity contribution in [1.29, 1.82) is 0 Å². The average Bonchev–Trinajstić information content (AvgIpc) is 3.05. The van der Waals surface area contributed by atoms with Crippen molar-refractivity contribution in [3.8, 4) is 0 Å². The van der Waals surface area contributed by atoms with Crippen LogP contribution in [0.25, 0.3) is 0 Å². The molecular weight excluding hydrogens is 479 g/mol. The van der Waals surface area contributed by atoms with Crippen LogP contribution in [-0.2, 0) is 9.84 Å². The molecule has 2 bridgehead atoms. The Morgan fingerprint density at radius 3 is 2.24 bits per heavy atom. The predicted octanol–water partition coefficient (Wildman–Crippen LogP) is 4.89. The SMILES string of the molecule is C=CC1(O)CC2CCC(C1)C2S(=O)(=O)c1cc(C(=O)Nc2cc(F)c(F)c(F)c2)ccc1Cl. The zero-order valence-corrected chi connectivity index (χ0v) is 18.9. The van der Waals surface area contributed by atoms with Gasteiger partial charge in [-0.05, 0) is 55.7 Å². The van der Waals surface area contributed by atoms with Crippen molar-refractivity contribution in [2.24, 2.45) is 11.8 Å². The fourth-order valence-corrected chi connectivity index (χ4v) is 7.93. The van der Waals surface area contributed by atoms with Crippen molar-refractivity contribution < 1.29 is 31.5 Å². The van der Waals surface area contributed by atoms with Crippen molar-refractivity contribution in [3.05, 3.63) is 71.0 Å². The largest absolute Gasteiger partial charge is 0.386 e. The third kappa shape index (κ3) is 4.29. The molecule has 2 aliphatic rings. The fraction of sp³-hybridized carbons (Fsp3) is 0.348. The maximum absolute atomic E-state index is 13.6. The standard InChI is InChI=1S/C23H21ClF3NO4S/c1-2-23(30)10-13-3-4-14(11-23)21(13)33(31,32)19-7-12(5-6-16(19)24)22(29)28-15-8-17(25)20(27)18(26)9-15/h2,5-9,13-14,21,30H,1,3-4,10-11H2,(H,28,29). The lowest BCUT2D eigenvalue weighted by Crippen LogP contribution is -2.45. The van der Waals surface area contributed by atoms with Gasteiger partial charge in [-0.3, -0.25) is 4.79 Å². The lowest BCUT2D eigenvalue weighted by Gasteiger charge is -2.39. The molecule has 2 aromatic carbocycles. The molecule has 0 aromatic heterocycles. The lowest BCUT2D eigenvalue weighted by molar-refractivity contribution is 0.0254. The van der Waals surface area contributed by atoms with E-state index >= 15 is 0 Å². The monoisotopic (exact) mass is 499 g/mol. The van der Waals surface area contributed by atoms with Crippen LogP contribution >= 0.6 is 11.6 Å². The number of carbonyl (C=O) groups is 1. The molecule has 4 rings (SSSR count). The highest BCUT2D eigenvalue weighted by molar-refractivity contribution is 7.92. The van der Waals surface area contributed by atoms with E-state index < -0.39 is 44.0 Å². The van der Waals surface area contributed by atoms with Crippen molar-refractivity contribution in [2.45, 2.75) is 41.4 Å². The van der Waals surface area contributed by atoms with Gasteiger partial charge in [0.25, 0.3) is 5.91 Å². The first-order valence-electron chi connectivity index (χ1n) is 10.3. The van der Waals surface area contributed by atoms with E-state index in [1.54, 1.807) is 0 Å². The summed E-state index contributed by atoms with van der Waals surface area (Å²) in [5, 5.41) is 12.0. The molecule has 176 valence electrons. The minimum Gasteiger partial charge on any atom is -0.386 e. The molecule has 0 saturated heterocycles. The minimum atomic E-state index is -3.96. The van der Waals surface area contributed by atoms with E-state index in [2.05, 4.69) is 11.9 Å². The second-order valence-corrected chi connectivity index (χ2v) is 11.2. The number of carbonyl (C=O) groups excluding carboxylic acids is 1. The molecule has 0 aliphatic heterocycles. The number of fused-ring (bicyclic) bond motifs is 2. The summed E-state index contributed by atoms with van der Waals surface area (Å²) in [5.74, 6) is -6.03. The number of rotatable bonds is 5. The number of hydrogen-bond donors (Lipinski definition) is 2. The van der Waals surface area contributed by atoms with Gasteiger partial charge in [0.05, 0.1) is 20.8 Å². The van der Waals surface area contributed by atoms with Crippen LogP contribution in [0.1, 0.15) is 36.0 Å². The van der Waals surface area contributed by atoms with Crippen molar-refractivity contribution >= 4 is 33.0 Å². The van der Waals surface area contributed by atoms with E-state index in [1.165, 1.54) is 18.2 Å². The number of aliphatic hydroxyl groups is 1. The van der Waals surface area contributed by atoms with Crippen molar-refractivity contribution in [1.82, 2.24) is 0 Å². The van der Waals surface area contributed by atoms with E-state index in [-0.39, 0.29) is 45.8 Å². The van der Waals surface area contributed by atoms with Crippen LogP contribution in [-0.4, -0.2) is 30.3 Å². The highest BCUT2D eigenvalue weighted by atomic mass is 35.5. The Balaban J connectivity index is 1.64. The highest BCUT2D eigenvalue weighted by Gasteiger charge is 2.53. The maximum Gasteiger partial charge on any atom is 0.255 e. The quantitative estimate of drug-likeness (QED) is 0.453. The zero-order chi connectivity index (χ0) is 24.1. The molecule has 2 unspecified atom stereocenters. The molecule has 1 amide bonds. The molecule has 5 nitrogen and oxygen atoms in total. The highest BCUT2D eigenvalue weighted by Crippen LogP contribution is 2.51. The molecule has 2 atom stereocenters. The molecule has 2 saturated carbocycles. The lowest BCUT2D eigenvalue weighted by atomic mass is 9.77. The van der Waals surface area contributed by atoms with E-state index in [0.29, 0.717) is 25.0 Å². The predicted molar refractivity (Wildman–Crippen MR) is 117 cm³/mol. The van der Waals surface area contributed by atoms with Crippen LogP contribution in [0.2, 0.25) is 5.02 Å². The first kappa shape index (κ1) is 23.8. The van der Waals surface area contributed by atoms with Gasteiger partial charge in [0.15, 0.2) is 27.3 Å². The van der Waals surface area contributed by atoms with Gasteiger partial charge < -0.3 is 10.4 Å². The first-order valence-corrected chi connectivity index (χ1v) is 12.2. The molecule has 10 heteroatoms. The molecule has 2 N–H and O–H groups in total. The molecule has 33 heavy (non-hydrogen) atoms. The van der Waals surface area contributed by atoms with Crippen molar-refractivity contribution in [2.75, 3.05) is 5.32 Å². The number of amides is 1. The average molecular weight is 500 g/mol. The molecule has 2 aromatic rings. The Morgan fingerprint density at radius 1 is 1.12 bits per heavy atom. The number of anilines is 1. The number of hydrogen-bond acceptors (Lipinski definition) is 4. The number of sulfone groups is 1. The van der Waals surface area contributed by atoms with Gasteiger partial charge >= 0.3 is 0 Å². The van der Waals surface area contributed by atoms with Crippen LogP contribution in [0.5, 0.6) is 0 Å². The first-order chi connectivity index (χ1) is 15.4. The smallest absolute Gasteiger partial charge is 0.255 e. The fourth-order valence-electron chi connectivity index (χ4n) is 5.08. The van der Waals surface area contributed by atoms with Crippen molar-refractivity contribution in [3.63, 3.8) is 0 Å². The van der Waals surface area contributed by atoms with Crippen LogP contribution in [0.15, 0.2) is 47.9 Å². The van der Waals surface area contributed by atoms with Gasteiger partial charge in [-0.25, -0.2) is 21.6 Å². The van der Waals surface area contributed by atoms with Gasteiger partial charge in [0.2, 0.25) is 0 Å². The van der Waals surface area contributed by atoms with Crippen LogP contribution < -0.4 is 5.32 Å². The van der Waals surface area contributed by atoms with E-state index in [0.717, 1.165) is 6.07 Å². The molecule has 0 spiro atoms. The summed E-state index contributed by atoms with van der Waals surface area (Å²) < 4.78 is 67.2. The molecular formula is C23H21ClF3NO4S. The Bertz CT molecular complexity index is 1210. The second kappa shape index (κ2) is 8.45. The van der Waals surface area contributed by atoms with E-state index in [9.17, 15) is 31.5 Å². The normalized spacial score (nSPS) is 26.8. The van der Waals surface area contributed by atoms with E-state index in [4.69, 9.17) is 11.6 Å². The summed E-state index contributed by atoms with van der Waals surface area (Å²) in [4.78, 5) is 12.4. The number of halogens is 4. The van der Waals surface area contributed by atoms with Gasteiger partial charge in [0, 0.05) is 23.4 Å². The second-order valence-electron chi connectivity index (χ2n) is 8.68. The summed E-state index contributed by atoms with van der Waals surface area (Å²) in [6.07, 6.45) is 3.29. The molecule has 2 fully saturated rings.